The van der Waals surface area contributed by atoms with Crippen molar-refractivity contribution in [1.29, 1.82) is 0 Å². The van der Waals surface area contributed by atoms with E-state index in [0.717, 1.165) is 0 Å². The van der Waals surface area contributed by atoms with E-state index in [9.17, 15) is 14.3 Å². The molecular formula is C14H17ClFNO3. The maximum Gasteiger partial charge on any atom is 0.320 e. The van der Waals surface area contributed by atoms with Crippen LogP contribution in [0.2, 0.25) is 5.02 Å². The molecule has 1 aliphatic rings. The second-order valence-corrected chi connectivity index (χ2v) is 5.19. The minimum absolute atomic E-state index is 0.306. The summed E-state index contributed by atoms with van der Waals surface area (Å²) in [6, 6.07) is 3.64. The molecule has 0 radical (unpaired) electrons. The smallest absolute Gasteiger partial charge is 0.320 e. The predicted octanol–water partition coefficient (Wildman–Crippen LogP) is 2.72. The number of aliphatic carboxylic acids is 1. The summed E-state index contributed by atoms with van der Waals surface area (Å²) in [6.45, 7) is 3.28. The number of hydrogen-bond donors (Lipinski definition) is 1. The van der Waals surface area contributed by atoms with Crippen LogP contribution < -0.4 is 0 Å². The third-order valence-corrected chi connectivity index (χ3v) is 3.85. The molecule has 0 bridgehead atoms. The van der Waals surface area contributed by atoms with E-state index in [0.29, 0.717) is 36.7 Å². The first-order valence-corrected chi connectivity index (χ1v) is 6.94. The van der Waals surface area contributed by atoms with E-state index in [-0.39, 0.29) is 6.10 Å². The van der Waals surface area contributed by atoms with Crippen LogP contribution in [0.3, 0.4) is 0 Å². The largest absolute Gasteiger partial charge is 0.480 e. The van der Waals surface area contributed by atoms with E-state index in [2.05, 4.69) is 0 Å². The Morgan fingerprint density at radius 3 is 3.00 bits per heavy atom. The van der Waals surface area contributed by atoms with Crippen molar-refractivity contribution in [3.8, 4) is 0 Å². The quantitative estimate of drug-likeness (QED) is 0.929. The third-order valence-electron chi connectivity index (χ3n) is 3.52. The molecule has 4 nitrogen and oxygen atoms in total. The number of carbonyl (C=O) groups is 1. The first-order valence-electron chi connectivity index (χ1n) is 6.56. The van der Waals surface area contributed by atoms with E-state index in [1.807, 2.05) is 11.8 Å². The molecule has 2 atom stereocenters. The Morgan fingerprint density at radius 1 is 1.65 bits per heavy atom. The maximum atomic E-state index is 13.1. The number of ether oxygens (including phenoxy) is 1. The molecule has 1 aromatic rings. The van der Waals surface area contributed by atoms with Gasteiger partial charge >= 0.3 is 5.97 Å². The van der Waals surface area contributed by atoms with Gasteiger partial charge in [-0.2, -0.15) is 0 Å². The predicted molar refractivity (Wildman–Crippen MR) is 73.4 cm³/mol. The van der Waals surface area contributed by atoms with E-state index in [4.69, 9.17) is 16.3 Å². The number of nitrogens with zero attached hydrogens (tertiary/aromatic N) is 1. The second-order valence-electron chi connectivity index (χ2n) is 4.78. The minimum Gasteiger partial charge on any atom is -0.480 e. The van der Waals surface area contributed by atoms with Gasteiger partial charge in [-0.25, -0.2) is 4.39 Å². The normalized spacial score (nSPS) is 21.6. The molecule has 110 valence electrons. The van der Waals surface area contributed by atoms with Crippen LogP contribution in [0, 0.1) is 5.82 Å². The van der Waals surface area contributed by atoms with Gasteiger partial charge < -0.3 is 9.84 Å². The van der Waals surface area contributed by atoms with Gasteiger partial charge in [0, 0.05) is 23.7 Å². The molecule has 0 aromatic heterocycles. The lowest BCUT2D eigenvalue weighted by Gasteiger charge is -2.36. The molecule has 0 aliphatic carbocycles. The average Bonchev–Trinajstić information content (AvgIpc) is 2.39. The van der Waals surface area contributed by atoms with E-state index >= 15 is 0 Å². The van der Waals surface area contributed by atoms with Crippen molar-refractivity contribution in [3.63, 3.8) is 0 Å². The number of halogens is 2. The zero-order chi connectivity index (χ0) is 14.7. The summed E-state index contributed by atoms with van der Waals surface area (Å²) in [5.41, 5.74) is 0.693. The number of benzene rings is 1. The molecule has 0 spiro atoms. The standard InChI is InChI=1S/C14H17ClFNO3/c1-2-12(14(18)19)17-5-6-20-13(8-17)10-4-3-9(16)7-11(10)15/h3-4,7,12-13H,2,5-6,8H2,1H3,(H,18,19). The van der Waals surface area contributed by atoms with Crippen molar-refractivity contribution in [3.05, 3.63) is 34.6 Å². The topological polar surface area (TPSA) is 49.8 Å². The molecule has 0 saturated carbocycles. The van der Waals surface area contributed by atoms with Crippen LogP contribution in [-0.4, -0.2) is 41.7 Å². The number of rotatable bonds is 4. The van der Waals surface area contributed by atoms with E-state index < -0.39 is 17.8 Å². The summed E-state index contributed by atoms with van der Waals surface area (Å²) in [4.78, 5) is 13.1. The number of carboxylic acid groups (broad SMARTS) is 1. The van der Waals surface area contributed by atoms with Gasteiger partial charge in [-0.1, -0.05) is 24.6 Å². The highest BCUT2D eigenvalue weighted by Crippen LogP contribution is 2.30. The van der Waals surface area contributed by atoms with Crippen LogP contribution in [-0.2, 0) is 9.53 Å². The van der Waals surface area contributed by atoms with Gasteiger partial charge in [0.1, 0.15) is 11.9 Å². The van der Waals surface area contributed by atoms with Gasteiger partial charge in [0.2, 0.25) is 0 Å². The fraction of sp³-hybridized carbons (Fsp3) is 0.500. The van der Waals surface area contributed by atoms with Crippen LogP contribution in [0.4, 0.5) is 4.39 Å². The molecule has 1 N–H and O–H groups in total. The van der Waals surface area contributed by atoms with Crippen molar-refractivity contribution in [2.75, 3.05) is 19.7 Å². The SMILES string of the molecule is CCC(C(=O)O)N1CCOC(c2ccc(F)cc2Cl)C1. The summed E-state index contributed by atoms with van der Waals surface area (Å²) in [6.07, 6.45) is 0.199. The molecule has 2 rings (SSSR count). The molecule has 1 aromatic carbocycles. The van der Waals surface area contributed by atoms with Gasteiger partial charge in [-0.15, -0.1) is 0 Å². The van der Waals surface area contributed by atoms with Crippen LogP contribution in [0.25, 0.3) is 0 Å². The lowest BCUT2D eigenvalue weighted by Crippen LogP contribution is -2.48. The molecule has 1 aliphatic heterocycles. The Bertz CT molecular complexity index is 497. The molecule has 1 saturated heterocycles. The van der Waals surface area contributed by atoms with Crippen molar-refractivity contribution < 1.29 is 19.0 Å². The van der Waals surface area contributed by atoms with Gasteiger partial charge in [-0.05, 0) is 18.6 Å². The van der Waals surface area contributed by atoms with Crippen LogP contribution in [0.1, 0.15) is 25.0 Å². The zero-order valence-corrected chi connectivity index (χ0v) is 11.9. The highest BCUT2D eigenvalue weighted by Gasteiger charge is 2.31. The molecule has 1 fully saturated rings. The minimum atomic E-state index is -0.835. The number of hydrogen-bond acceptors (Lipinski definition) is 3. The lowest BCUT2D eigenvalue weighted by molar-refractivity contribution is -0.147. The van der Waals surface area contributed by atoms with Gasteiger partial charge in [0.15, 0.2) is 0 Å². The monoisotopic (exact) mass is 301 g/mol. The molecule has 0 amide bonds. The Balaban J connectivity index is 2.16. The molecule has 6 heteroatoms. The number of carboxylic acids is 1. The van der Waals surface area contributed by atoms with Crippen molar-refractivity contribution >= 4 is 17.6 Å². The highest BCUT2D eigenvalue weighted by atomic mass is 35.5. The fourth-order valence-corrected chi connectivity index (χ4v) is 2.78. The molecule has 1 heterocycles. The van der Waals surface area contributed by atoms with Gasteiger partial charge in [-0.3, -0.25) is 9.69 Å². The van der Waals surface area contributed by atoms with Crippen molar-refractivity contribution in [1.82, 2.24) is 4.90 Å². The fourth-order valence-electron chi connectivity index (χ4n) is 2.49. The summed E-state index contributed by atoms with van der Waals surface area (Å²) in [5.74, 6) is -1.23. The summed E-state index contributed by atoms with van der Waals surface area (Å²) in [5, 5.41) is 9.52. The van der Waals surface area contributed by atoms with Crippen LogP contribution >= 0.6 is 11.6 Å². The van der Waals surface area contributed by atoms with Gasteiger partial charge in [0.05, 0.1) is 12.7 Å². The third kappa shape index (κ3) is 3.29. The molecule has 20 heavy (non-hydrogen) atoms. The van der Waals surface area contributed by atoms with Crippen molar-refractivity contribution in [2.24, 2.45) is 0 Å². The van der Waals surface area contributed by atoms with Crippen LogP contribution in [0.5, 0.6) is 0 Å². The first kappa shape index (κ1) is 15.2. The van der Waals surface area contributed by atoms with Gasteiger partial charge in [0.25, 0.3) is 0 Å². The second kappa shape index (κ2) is 6.52. The summed E-state index contributed by atoms with van der Waals surface area (Å²) >= 11 is 6.03. The molecule has 2 unspecified atom stereocenters. The molecular weight excluding hydrogens is 285 g/mol. The zero-order valence-electron chi connectivity index (χ0n) is 11.2. The first-order chi connectivity index (χ1) is 9.52. The summed E-state index contributed by atoms with van der Waals surface area (Å²) in [7, 11) is 0. The Hall–Kier alpha value is -1.17. The average molecular weight is 302 g/mol. The summed E-state index contributed by atoms with van der Waals surface area (Å²) < 4.78 is 18.7. The Labute approximate surface area is 122 Å². The number of morpholine rings is 1. The lowest BCUT2D eigenvalue weighted by atomic mass is 10.1. The Morgan fingerprint density at radius 2 is 2.40 bits per heavy atom. The van der Waals surface area contributed by atoms with Crippen LogP contribution in [0.15, 0.2) is 18.2 Å². The Kier molecular flexibility index (Phi) is 4.96. The van der Waals surface area contributed by atoms with Crippen molar-refractivity contribution in [2.45, 2.75) is 25.5 Å². The van der Waals surface area contributed by atoms with E-state index in [1.165, 1.54) is 12.1 Å². The van der Waals surface area contributed by atoms with E-state index in [1.54, 1.807) is 6.07 Å². The maximum absolute atomic E-state index is 13.1. The highest BCUT2D eigenvalue weighted by molar-refractivity contribution is 6.31.